The fourth-order valence-electron chi connectivity index (χ4n) is 5.94. The van der Waals surface area contributed by atoms with Gasteiger partial charge in [0.15, 0.2) is 11.5 Å². The van der Waals surface area contributed by atoms with E-state index in [0.717, 1.165) is 18.4 Å². The number of carbonyl (C=O) groups is 2. The van der Waals surface area contributed by atoms with Crippen LogP contribution >= 0.6 is 0 Å². The first kappa shape index (κ1) is 27.6. The molecule has 0 radical (unpaired) electrons. The van der Waals surface area contributed by atoms with Gasteiger partial charge in [0.25, 0.3) is 0 Å². The van der Waals surface area contributed by atoms with Crippen molar-refractivity contribution in [1.29, 1.82) is 0 Å². The highest BCUT2D eigenvalue weighted by Crippen LogP contribution is 2.46. The summed E-state index contributed by atoms with van der Waals surface area (Å²) in [5, 5.41) is 3.37. The van der Waals surface area contributed by atoms with Crippen molar-refractivity contribution in [1.82, 2.24) is 5.32 Å². The number of methoxy groups -OCH3 is 4. The summed E-state index contributed by atoms with van der Waals surface area (Å²) >= 11 is 0. The van der Waals surface area contributed by atoms with Gasteiger partial charge in [-0.05, 0) is 42.4 Å². The standard InChI is InChI=1S/C30H40N2O6/c1-18-8-7-9-24(19(18)2)31-30(34)23-14-15-27(33)32(28(23)20-10-12-22(35-3)13-11-20)21-16-25(36-4)29(38-6)26(17-21)37-5/h10-13,16-19,23-24,28H,7-9,14-15H2,1-6H3,(H,31,34)/t18-,19-,23+,24+,28+/m0/s1. The summed E-state index contributed by atoms with van der Waals surface area (Å²) in [4.78, 5) is 29.2. The molecule has 38 heavy (non-hydrogen) atoms. The van der Waals surface area contributed by atoms with Crippen LogP contribution in [-0.4, -0.2) is 46.3 Å². The zero-order valence-electron chi connectivity index (χ0n) is 23.3. The minimum absolute atomic E-state index is 0.0123. The molecule has 0 spiro atoms. The molecule has 1 N–H and O–H groups in total. The molecule has 206 valence electrons. The Morgan fingerprint density at radius 1 is 0.895 bits per heavy atom. The summed E-state index contributed by atoms with van der Waals surface area (Å²) < 4.78 is 22.0. The van der Waals surface area contributed by atoms with E-state index >= 15 is 0 Å². The van der Waals surface area contributed by atoms with E-state index in [1.807, 2.05) is 24.3 Å². The molecule has 2 amide bonds. The third-order valence-corrected chi connectivity index (χ3v) is 8.35. The molecule has 0 unspecified atom stereocenters. The third kappa shape index (κ3) is 5.40. The van der Waals surface area contributed by atoms with E-state index in [9.17, 15) is 9.59 Å². The van der Waals surface area contributed by atoms with Gasteiger partial charge in [-0.15, -0.1) is 0 Å². The second-order valence-corrected chi connectivity index (χ2v) is 10.4. The highest BCUT2D eigenvalue weighted by Gasteiger charge is 2.43. The number of benzene rings is 2. The Balaban J connectivity index is 1.77. The minimum atomic E-state index is -0.513. The van der Waals surface area contributed by atoms with Crippen LogP contribution in [0.25, 0.3) is 0 Å². The van der Waals surface area contributed by atoms with Crippen LogP contribution in [0, 0.1) is 17.8 Å². The van der Waals surface area contributed by atoms with Crippen LogP contribution in [0.15, 0.2) is 36.4 Å². The van der Waals surface area contributed by atoms with E-state index in [1.54, 1.807) is 45.5 Å². The van der Waals surface area contributed by atoms with Crippen LogP contribution in [-0.2, 0) is 9.59 Å². The molecular formula is C30H40N2O6. The lowest BCUT2D eigenvalue weighted by Crippen LogP contribution is -2.52. The number of piperidine rings is 1. The van der Waals surface area contributed by atoms with Gasteiger partial charge in [0, 0.05) is 24.6 Å². The van der Waals surface area contributed by atoms with E-state index in [2.05, 4.69) is 19.2 Å². The summed E-state index contributed by atoms with van der Waals surface area (Å²) in [6.45, 7) is 4.48. The van der Waals surface area contributed by atoms with Crippen molar-refractivity contribution < 1.29 is 28.5 Å². The quantitative estimate of drug-likeness (QED) is 0.514. The van der Waals surface area contributed by atoms with Gasteiger partial charge in [0.1, 0.15) is 5.75 Å². The summed E-state index contributed by atoms with van der Waals surface area (Å²) in [7, 11) is 6.24. The normalized spacial score (nSPS) is 25.5. The van der Waals surface area contributed by atoms with Crippen molar-refractivity contribution >= 4 is 17.5 Å². The Morgan fingerprint density at radius 3 is 2.13 bits per heavy atom. The lowest BCUT2D eigenvalue weighted by Gasteiger charge is -2.42. The smallest absolute Gasteiger partial charge is 0.227 e. The first-order chi connectivity index (χ1) is 18.3. The summed E-state index contributed by atoms with van der Waals surface area (Å²) in [6, 6.07) is 10.7. The van der Waals surface area contributed by atoms with Crippen molar-refractivity contribution in [2.75, 3.05) is 33.3 Å². The second kappa shape index (κ2) is 12.0. The number of rotatable bonds is 8. The SMILES string of the molecule is COc1ccc([C@@H]2[C@H](C(=O)N[C@@H]3CCC[C@H](C)[C@@H]3C)CCC(=O)N2c2cc(OC)c(OC)c(OC)c2)cc1. The average molecular weight is 525 g/mol. The molecule has 1 saturated carbocycles. The number of nitrogens with zero attached hydrogens (tertiary/aromatic N) is 1. The van der Waals surface area contributed by atoms with Crippen molar-refractivity contribution in [3.8, 4) is 23.0 Å². The number of ether oxygens (including phenoxy) is 4. The Morgan fingerprint density at radius 2 is 1.55 bits per heavy atom. The van der Waals surface area contributed by atoms with Gasteiger partial charge >= 0.3 is 0 Å². The molecule has 5 atom stereocenters. The Labute approximate surface area is 225 Å². The van der Waals surface area contributed by atoms with Gasteiger partial charge in [0.2, 0.25) is 17.6 Å². The number of nitrogens with one attached hydrogen (secondary N) is 1. The zero-order valence-corrected chi connectivity index (χ0v) is 23.3. The second-order valence-electron chi connectivity index (χ2n) is 10.4. The number of hydrogen-bond acceptors (Lipinski definition) is 6. The van der Waals surface area contributed by atoms with Crippen LogP contribution in [0.1, 0.15) is 57.6 Å². The predicted octanol–water partition coefficient (Wildman–Crippen LogP) is 5.15. The summed E-state index contributed by atoms with van der Waals surface area (Å²) in [5.74, 6) is 2.51. The first-order valence-electron chi connectivity index (χ1n) is 13.4. The van der Waals surface area contributed by atoms with Crippen LogP contribution < -0.4 is 29.2 Å². The minimum Gasteiger partial charge on any atom is -0.497 e. The molecule has 2 aromatic rings. The van der Waals surface area contributed by atoms with Crippen LogP contribution in [0.5, 0.6) is 23.0 Å². The van der Waals surface area contributed by atoms with Gasteiger partial charge in [-0.25, -0.2) is 0 Å². The van der Waals surface area contributed by atoms with Gasteiger partial charge in [-0.3, -0.25) is 9.59 Å². The molecule has 2 fully saturated rings. The van der Waals surface area contributed by atoms with Crippen LogP contribution in [0.4, 0.5) is 5.69 Å². The van der Waals surface area contributed by atoms with E-state index < -0.39 is 12.0 Å². The van der Waals surface area contributed by atoms with Gasteiger partial charge in [0.05, 0.1) is 46.1 Å². The van der Waals surface area contributed by atoms with E-state index in [-0.39, 0.29) is 24.3 Å². The molecule has 1 heterocycles. The highest BCUT2D eigenvalue weighted by molar-refractivity contribution is 5.98. The molecule has 8 nitrogen and oxygen atoms in total. The van der Waals surface area contributed by atoms with Crippen LogP contribution in [0.2, 0.25) is 0 Å². The topological polar surface area (TPSA) is 86.3 Å². The third-order valence-electron chi connectivity index (χ3n) is 8.35. The number of amides is 2. The van der Waals surface area contributed by atoms with Crippen molar-refractivity contribution in [2.45, 2.75) is 58.0 Å². The van der Waals surface area contributed by atoms with Crippen molar-refractivity contribution in [2.24, 2.45) is 17.8 Å². The maximum atomic E-state index is 13.9. The van der Waals surface area contributed by atoms with Crippen molar-refractivity contribution in [3.63, 3.8) is 0 Å². The Bertz CT molecular complexity index is 1110. The molecule has 2 aromatic carbocycles. The summed E-state index contributed by atoms with van der Waals surface area (Å²) in [6.07, 6.45) is 4.01. The maximum Gasteiger partial charge on any atom is 0.227 e. The molecule has 0 aromatic heterocycles. The van der Waals surface area contributed by atoms with Crippen LogP contribution in [0.3, 0.4) is 0 Å². The van der Waals surface area contributed by atoms with E-state index in [0.29, 0.717) is 46.9 Å². The summed E-state index contributed by atoms with van der Waals surface area (Å²) in [5.41, 5.74) is 1.44. The van der Waals surface area contributed by atoms with Gasteiger partial charge in [-0.1, -0.05) is 38.8 Å². The fraction of sp³-hybridized carbons (Fsp3) is 0.533. The highest BCUT2D eigenvalue weighted by atomic mass is 16.5. The molecule has 4 rings (SSSR count). The zero-order chi connectivity index (χ0) is 27.4. The fourth-order valence-corrected chi connectivity index (χ4v) is 5.94. The predicted molar refractivity (Wildman–Crippen MR) is 146 cm³/mol. The number of carbonyl (C=O) groups excluding carboxylic acids is 2. The molecule has 1 aliphatic heterocycles. The Hall–Kier alpha value is -3.42. The largest absolute Gasteiger partial charge is 0.497 e. The Kier molecular flexibility index (Phi) is 8.69. The maximum absolute atomic E-state index is 13.9. The molecular weight excluding hydrogens is 484 g/mol. The van der Waals surface area contributed by atoms with E-state index in [1.165, 1.54) is 6.42 Å². The van der Waals surface area contributed by atoms with Gasteiger partial charge < -0.3 is 29.2 Å². The van der Waals surface area contributed by atoms with Crippen molar-refractivity contribution in [3.05, 3.63) is 42.0 Å². The molecule has 1 saturated heterocycles. The number of hydrogen-bond donors (Lipinski definition) is 1. The first-order valence-corrected chi connectivity index (χ1v) is 13.4. The average Bonchev–Trinajstić information content (AvgIpc) is 2.94. The van der Waals surface area contributed by atoms with E-state index in [4.69, 9.17) is 18.9 Å². The lowest BCUT2D eigenvalue weighted by molar-refractivity contribution is -0.130. The molecule has 0 bridgehead atoms. The molecule has 2 aliphatic rings. The monoisotopic (exact) mass is 524 g/mol. The molecule has 1 aliphatic carbocycles. The molecule has 8 heteroatoms. The number of anilines is 1. The van der Waals surface area contributed by atoms with Gasteiger partial charge in [-0.2, -0.15) is 0 Å². The lowest BCUT2D eigenvalue weighted by atomic mass is 9.77.